The van der Waals surface area contributed by atoms with Crippen molar-refractivity contribution in [2.45, 2.75) is 30.4 Å². The van der Waals surface area contributed by atoms with Crippen LogP contribution in [0.25, 0.3) is 0 Å². The molecule has 1 fully saturated rings. The highest BCUT2D eigenvalue weighted by Gasteiger charge is 2.39. The van der Waals surface area contributed by atoms with E-state index in [0.717, 1.165) is 5.56 Å². The number of hydrogen-bond donors (Lipinski definition) is 2. The van der Waals surface area contributed by atoms with Crippen molar-refractivity contribution in [2.75, 3.05) is 32.9 Å². The van der Waals surface area contributed by atoms with Gasteiger partial charge in [-0.2, -0.15) is 4.31 Å². The van der Waals surface area contributed by atoms with Crippen LogP contribution in [0.5, 0.6) is 0 Å². The van der Waals surface area contributed by atoms with E-state index < -0.39 is 16.1 Å². The molecule has 3 N–H and O–H groups in total. The average Bonchev–Trinajstić information content (AvgIpc) is 2.68. The Morgan fingerprint density at radius 3 is 2.62 bits per heavy atom. The maximum absolute atomic E-state index is 12.8. The number of nitrogen functional groups attached to an aromatic ring is 1. The lowest BCUT2D eigenvalue weighted by atomic mass is 10.2. The normalized spacial score (nSPS) is 23.9. The van der Waals surface area contributed by atoms with E-state index in [-0.39, 0.29) is 17.5 Å². The lowest BCUT2D eigenvalue weighted by molar-refractivity contribution is 0.188. The van der Waals surface area contributed by atoms with Crippen molar-refractivity contribution in [3.8, 4) is 0 Å². The van der Waals surface area contributed by atoms with Crippen LogP contribution in [0.3, 0.4) is 0 Å². The molecule has 0 spiro atoms. The monoisotopic (exact) mass is 313 g/mol. The first-order chi connectivity index (χ1) is 9.70. The van der Waals surface area contributed by atoms with Gasteiger partial charge in [-0.25, -0.2) is 8.42 Å². The van der Waals surface area contributed by atoms with Crippen LogP contribution in [0.15, 0.2) is 23.1 Å². The number of benzene rings is 1. The summed E-state index contributed by atoms with van der Waals surface area (Å²) in [6.07, 6.45) is -0.162. The molecule has 2 rings (SSSR count). The Bertz CT molecular complexity index is 596. The molecule has 21 heavy (non-hydrogen) atoms. The minimum Gasteiger partial charge on any atom is -0.399 e. The molecule has 0 bridgehead atoms. The molecular formula is C14H23N3O3S. The molecule has 0 aromatic heterocycles. The number of hydrogen-bond acceptors (Lipinski definition) is 5. The second-order valence-corrected chi connectivity index (χ2v) is 7.85. The van der Waals surface area contributed by atoms with Gasteiger partial charge < -0.3 is 15.7 Å². The van der Waals surface area contributed by atoms with E-state index in [1.807, 2.05) is 25.9 Å². The minimum absolute atomic E-state index is 0.134. The van der Waals surface area contributed by atoms with E-state index in [1.165, 1.54) is 10.4 Å². The van der Waals surface area contributed by atoms with Crippen molar-refractivity contribution >= 4 is 15.7 Å². The number of aliphatic hydroxyl groups excluding tert-OH is 1. The smallest absolute Gasteiger partial charge is 0.243 e. The molecule has 0 amide bonds. The van der Waals surface area contributed by atoms with E-state index in [9.17, 15) is 13.5 Å². The Kier molecular flexibility index (Phi) is 4.57. The van der Waals surface area contributed by atoms with Crippen LogP contribution >= 0.6 is 0 Å². The highest BCUT2D eigenvalue weighted by Crippen LogP contribution is 2.28. The van der Waals surface area contributed by atoms with Crippen molar-refractivity contribution in [2.24, 2.45) is 0 Å². The number of β-amino-alcohol motifs (C(OH)–C–C–N with tert-alkyl or cyclic N) is 1. The number of likely N-dealkylation sites (N-methyl/N-ethyl adjacent to an activating group) is 1. The number of nitrogens with zero attached hydrogens (tertiary/aromatic N) is 2. The number of anilines is 1. The standard InChI is InChI=1S/C14H23N3O3S/c1-10-4-11(15)6-14(5-10)21(19,20)17-9-13(18)7-12(17)8-16(2)3/h4-6,12-13,18H,7-9,15H2,1-3H3. The molecule has 0 radical (unpaired) electrons. The third-order valence-electron chi connectivity index (χ3n) is 3.60. The summed E-state index contributed by atoms with van der Waals surface area (Å²) >= 11 is 0. The average molecular weight is 313 g/mol. The summed E-state index contributed by atoms with van der Waals surface area (Å²) in [6.45, 7) is 2.53. The van der Waals surface area contributed by atoms with Crippen LogP contribution in [0, 0.1) is 6.92 Å². The third kappa shape index (κ3) is 3.55. The van der Waals surface area contributed by atoms with Gasteiger partial charge in [0.1, 0.15) is 0 Å². The van der Waals surface area contributed by atoms with Gasteiger partial charge in [-0.05, 0) is 51.2 Å². The molecule has 1 aliphatic rings. The van der Waals surface area contributed by atoms with Gasteiger partial charge in [0.05, 0.1) is 11.0 Å². The van der Waals surface area contributed by atoms with Crippen molar-refractivity contribution in [1.29, 1.82) is 0 Å². The van der Waals surface area contributed by atoms with Gasteiger partial charge in [-0.3, -0.25) is 0 Å². The number of sulfonamides is 1. The molecule has 2 atom stereocenters. The molecule has 2 unspecified atom stereocenters. The molecule has 118 valence electrons. The molecule has 1 aromatic rings. The summed E-state index contributed by atoms with van der Waals surface area (Å²) in [5, 5.41) is 9.85. The van der Waals surface area contributed by atoms with Gasteiger partial charge in [0.2, 0.25) is 10.0 Å². The van der Waals surface area contributed by atoms with E-state index in [0.29, 0.717) is 18.7 Å². The van der Waals surface area contributed by atoms with E-state index in [2.05, 4.69) is 0 Å². The fraction of sp³-hybridized carbons (Fsp3) is 0.571. The maximum atomic E-state index is 12.8. The number of nitrogens with two attached hydrogens (primary N) is 1. The highest BCUT2D eigenvalue weighted by atomic mass is 32.2. The summed E-state index contributed by atoms with van der Waals surface area (Å²) < 4.78 is 27.0. The first-order valence-electron chi connectivity index (χ1n) is 6.92. The molecule has 6 nitrogen and oxygen atoms in total. The summed E-state index contributed by atoms with van der Waals surface area (Å²) in [4.78, 5) is 2.12. The predicted octanol–water partition coefficient (Wildman–Crippen LogP) is 0.263. The van der Waals surface area contributed by atoms with Crippen LogP contribution in [-0.4, -0.2) is 62.1 Å². The van der Waals surface area contributed by atoms with Crippen LogP contribution in [0.4, 0.5) is 5.69 Å². The minimum atomic E-state index is -3.64. The number of aryl methyl sites for hydroxylation is 1. The van der Waals surface area contributed by atoms with E-state index in [4.69, 9.17) is 5.73 Å². The zero-order valence-electron chi connectivity index (χ0n) is 12.7. The second kappa shape index (κ2) is 5.92. The van der Waals surface area contributed by atoms with Crippen LogP contribution in [-0.2, 0) is 10.0 Å². The lowest BCUT2D eigenvalue weighted by Gasteiger charge is -2.26. The second-order valence-electron chi connectivity index (χ2n) is 5.96. The van der Waals surface area contributed by atoms with Gasteiger partial charge in [-0.1, -0.05) is 0 Å². The number of aliphatic hydroxyl groups is 1. The van der Waals surface area contributed by atoms with Gasteiger partial charge >= 0.3 is 0 Å². The molecule has 1 aromatic carbocycles. The zero-order valence-corrected chi connectivity index (χ0v) is 13.5. The Labute approximate surface area is 126 Å². The zero-order chi connectivity index (χ0) is 15.8. The van der Waals surface area contributed by atoms with Crippen LogP contribution < -0.4 is 5.73 Å². The van der Waals surface area contributed by atoms with Crippen molar-refractivity contribution in [1.82, 2.24) is 9.21 Å². The quantitative estimate of drug-likeness (QED) is 0.779. The molecule has 1 heterocycles. The first-order valence-corrected chi connectivity index (χ1v) is 8.36. The Balaban J connectivity index is 2.37. The van der Waals surface area contributed by atoms with Crippen molar-refractivity contribution in [3.63, 3.8) is 0 Å². The summed E-state index contributed by atoms with van der Waals surface area (Å²) in [5.41, 5.74) is 6.99. The molecule has 1 aliphatic heterocycles. The largest absolute Gasteiger partial charge is 0.399 e. The SMILES string of the molecule is Cc1cc(N)cc(S(=O)(=O)N2CC(O)CC2CN(C)C)c1. The Morgan fingerprint density at radius 1 is 1.38 bits per heavy atom. The third-order valence-corrected chi connectivity index (χ3v) is 5.49. The topological polar surface area (TPSA) is 86.9 Å². The summed E-state index contributed by atoms with van der Waals surface area (Å²) in [6, 6.07) is 4.60. The molecule has 0 aliphatic carbocycles. The summed E-state index contributed by atoms with van der Waals surface area (Å²) in [5.74, 6) is 0. The number of rotatable bonds is 4. The molecular weight excluding hydrogens is 290 g/mol. The lowest BCUT2D eigenvalue weighted by Crippen LogP contribution is -2.41. The van der Waals surface area contributed by atoms with Crippen molar-refractivity contribution < 1.29 is 13.5 Å². The molecule has 1 saturated heterocycles. The highest BCUT2D eigenvalue weighted by molar-refractivity contribution is 7.89. The van der Waals surface area contributed by atoms with Crippen LogP contribution in [0.1, 0.15) is 12.0 Å². The maximum Gasteiger partial charge on any atom is 0.243 e. The van der Waals surface area contributed by atoms with Crippen LogP contribution in [0.2, 0.25) is 0 Å². The molecule has 7 heteroatoms. The first kappa shape index (κ1) is 16.2. The van der Waals surface area contributed by atoms with Gasteiger partial charge in [0.15, 0.2) is 0 Å². The van der Waals surface area contributed by atoms with Gasteiger partial charge in [-0.15, -0.1) is 0 Å². The molecule has 0 saturated carbocycles. The summed E-state index contributed by atoms with van der Waals surface area (Å²) in [7, 11) is 0.133. The predicted molar refractivity (Wildman–Crippen MR) is 82.4 cm³/mol. The fourth-order valence-electron chi connectivity index (χ4n) is 2.81. The Hall–Kier alpha value is -1.15. The Morgan fingerprint density at radius 2 is 2.05 bits per heavy atom. The fourth-order valence-corrected chi connectivity index (χ4v) is 4.61. The van der Waals surface area contributed by atoms with E-state index in [1.54, 1.807) is 12.1 Å². The van der Waals surface area contributed by atoms with Gasteiger partial charge in [0.25, 0.3) is 0 Å². The van der Waals surface area contributed by atoms with Crippen molar-refractivity contribution in [3.05, 3.63) is 23.8 Å². The van der Waals surface area contributed by atoms with E-state index >= 15 is 0 Å². The van der Waals surface area contributed by atoms with Gasteiger partial charge in [0, 0.05) is 24.8 Å².